The third-order valence-electron chi connectivity index (χ3n) is 1.81. The molecule has 0 fully saturated rings. The van der Waals surface area contributed by atoms with E-state index < -0.39 is 7.25 Å². The minimum Gasteiger partial charge on any atom is -0.418 e. The molecular weight excluding hydrogens is 253 g/mol. The number of thiazole rings is 1. The summed E-state index contributed by atoms with van der Waals surface area (Å²) in [5, 5.41) is 0. The Balaban J connectivity index is 0.000000249. The molecule has 1 heterocycles. The molecule has 0 atom stereocenters. The molecule has 0 saturated carbocycles. The lowest BCUT2D eigenvalue weighted by atomic mass is 10.3. The van der Waals surface area contributed by atoms with Crippen LogP contribution in [0.25, 0.3) is 10.2 Å². The van der Waals surface area contributed by atoms with Gasteiger partial charge in [-0.3, -0.25) is 0 Å². The first-order valence-corrected chi connectivity index (χ1v) is 5.63. The Morgan fingerprint density at radius 2 is 1.82 bits per heavy atom. The second-order valence-corrected chi connectivity index (χ2v) is 4.01. The van der Waals surface area contributed by atoms with E-state index in [-0.39, 0.29) is 0 Å². The highest BCUT2D eigenvalue weighted by atomic mass is 32.1. The zero-order chi connectivity index (χ0) is 12.9. The Kier molecular flexibility index (Phi) is 4.68. The van der Waals surface area contributed by atoms with Crippen LogP contribution in [0.2, 0.25) is 0 Å². The summed E-state index contributed by atoms with van der Waals surface area (Å²) in [6.07, 6.45) is 1.92. The summed E-state index contributed by atoms with van der Waals surface area (Å²) in [7, 11) is -6.00. The van der Waals surface area contributed by atoms with E-state index in [1.807, 2.05) is 6.08 Å². The number of halogens is 4. The lowest BCUT2D eigenvalue weighted by molar-refractivity contribution is -0.656. The Bertz CT molecular complexity index is 488. The Hall–Kier alpha value is -1.37. The molecule has 2 rings (SSSR count). The smallest absolute Gasteiger partial charge is 0.418 e. The largest absolute Gasteiger partial charge is 0.673 e. The molecule has 0 aliphatic rings. The number of allylic oxidation sites excluding steroid dienone is 1. The molecule has 17 heavy (non-hydrogen) atoms. The average Bonchev–Trinajstić information content (AvgIpc) is 2.60. The minimum atomic E-state index is -6.00. The van der Waals surface area contributed by atoms with Gasteiger partial charge < -0.3 is 17.3 Å². The molecule has 0 aliphatic carbocycles. The number of rotatable bonds is 2. The number of aromatic nitrogens is 1. The molecule has 2 aromatic rings. The highest BCUT2D eigenvalue weighted by molar-refractivity contribution is 7.16. The summed E-state index contributed by atoms with van der Waals surface area (Å²) in [6, 6.07) is 8.40. The van der Waals surface area contributed by atoms with E-state index in [2.05, 4.69) is 40.9 Å². The molecule has 0 N–H and O–H groups in total. The topological polar surface area (TPSA) is 3.88 Å². The third kappa shape index (κ3) is 4.99. The van der Waals surface area contributed by atoms with Gasteiger partial charge in [-0.15, -0.1) is 0 Å². The predicted molar refractivity (Wildman–Crippen MR) is 62.4 cm³/mol. The average molecular weight is 263 g/mol. The summed E-state index contributed by atoms with van der Waals surface area (Å²) in [5.74, 6) is 0. The molecule has 0 saturated heterocycles. The summed E-state index contributed by atoms with van der Waals surface area (Å²) in [6.45, 7) is 4.62. The Morgan fingerprint density at radius 1 is 1.24 bits per heavy atom. The van der Waals surface area contributed by atoms with E-state index >= 15 is 0 Å². The van der Waals surface area contributed by atoms with Crippen molar-refractivity contribution >= 4 is 28.8 Å². The van der Waals surface area contributed by atoms with Crippen LogP contribution in [0.3, 0.4) is 0 Å². The Labute approximate surface area is 100 Å². The maximum Gasteiger partial charge on any atom is 0.673 e. The monoisotopic (exact) mass is 263 g/mol. The van der Waals surface area contributed by atoms with Crippen molar-refractivity contribution < 1.29 is 21.8 Å². The minimum absolute atomic E-state index is 0.893. The molecule has 0 spiro atoms. The molecule has 1 aromatic heterocycles. The first kappa shape index (κ1) is 13.7. The molecule has 7 heteroatoms. The zero-order valence-corrected chi connectivity index (χ0v) is 9.64. The maximum absolute atomic E-state index is 9.75. The van der Waals surface area contributed by atoms with Gasteiger partial charge in [0.1, 0.15) is 4.70 Å². The van der Waals surface area contributed by atoms with Gasteiger partial charge in [-0.1, -0.05) is 30.0 Å². The second-order valence-electron chi connectivity index (χ2n) is 3.13. The van der Waals surface area contributed by atoms with Crippen LogP contribution >= 0.6 is 11.3 Å². The number of fused-ring (bicyclic) bond motifs is 1. The van der Waals surface area contributed by atoms with Crippen molar-refractivity contribution in [2.24, 2.45) is 0 Å². The van der Waals surface area contributed by atoms with Crippen LogP contribution in [0.15, 0.2) is 42.4 Å². The number of para-hydroxylation sites is 1. The first-order chi connectivity index (χ1) is 7.92. The van der Waals surface area contributed by atoms with Crippen molar-refractivity contribution in [3.8, 4) is 0 Å². The highest BCUT2D eigenvalue weighted by Gasteiger charge is 2.20. The van der Waals surface area contributed by atoms with Gasteiger partial charge in [0, 0.05) is 6.07 Å². The van der Waals surface area contributed by atoms with Crippen LogP contribution < -0.4 is 4.57 Å². The van der Waals surface area contributed by atoms with Crippen molar-refractivity contribution in [1.29, 1.82) is 0 Å². The molecular formula is C10H10BF4NS. The molecule has 92 valence electrons. The first-order valence-electron chi connectivity index (χ1n) is 4.75. The van der Waals surface area contributed by atoms with Crippen LogP contribution in [-0.2, 0) is 6.54 Å². The zero-order valence-electron chi connectivity index (χ0n) is 8.82. The van der Waals surface area contributed by atoms with E-state index in [1.165, 1.54) is 10.2 Å². The lowest BCUT2D eigenvalue weighted by Crippen LogP contribution is -2.29. The summed E-state index contributed by atoms with van der Waals surface area (Å²) < 4.78 is 42.5. The van der Waals surface area contributed by atoms with Crippen molar-refractivity contribution in [3.63, 3.8) is 0 Å². The summed E-state index contributed by atoms with van der Waals surface area (Å²) in [4.78, 5) is 0. The van der Waals surface area contributed by atoms with Gasteiger partial charge in [0.25, 0.3) is 0 Å². The normalized spacial score (nSPS) is 10.8. The van der Waals surface area contributed by atoms with Crippen LogP contribution in [0.4, 0.5) is 17.3 Å². The number of hydrogen-bond acceptors (Lipinski definition) is 1. The van der Waals surface area contributed by atoms with E-state index in [0.717, 1.165) is 6.54 Å². The van der Waals surface area contributed by atoms with Gasteiger partial charge in [0.15, 0.2) is 6.54 Å². The summed E-state index contributed by atoms with van der Waals surface area (Å²) in [5.41, 5.74) is 3.43. The van der Waals surface area contributed by atoms with Crippen molar-refractivity contribution in [3.05, 3.63) is 42.4 Å². The van der Waals surface area contributed by atoms with E-state index in [0.29, 0.717) is 0 Å². The quantitative estimate of drug-likeness (QED) is 0.337. The van der Waals surface area contributed by atoms with Gasteiger partial charge in [-0.2, -0.15) is 4.57 Å². The van der Waals surface area contributed by atoms with E-state index in [1.54, 1.807) is 11.3 Å². The Morgan fingerprint density at radius 3 is 2.41 bits per heavy atom. The van der Waals surface area contributed by atoms with Gasteiger partial charge in [-0.05, 0) is 12.1 Å². The van der Waals surface area contributed by atoms with Crippen molar-refractivity contribution in [2.75, 3.05) is 0 Å². The van der Waals surface area contributed by atoms with Gasteiger partial charge in [0.05, 0.1) is 0 Å². The fourth-order valence-corrected chi connectivity index (χ4v) is 2.16. The highest BCUT2D eigenvalue weighted by Crippen LogP contribution is 2.14. The second kappa shape index (κ2) is 5.81. The molecule has 0 bridgehead atoms. The van der Waals surface area contributed by atoms with Crippen molar-refractivity contribution in [2.45, 2.75) is 6.54 Å². The maximum atomic E-state index is 9.75. The fraction of sp³-hybridized carbons (Fsp3) is 0.100. The molecule has 0 radical (unpaired) electrons. The van der Waals surface area contributed by atoms with Crippen LogP contribution in [0.1, 0.15) is 0 Å². The number of benzene rings is 1. The summed E-state index contributed by atoms with van der Waals surface area (Å²) >= 11 is 1.77. The van der Waals surface area contributed by atoms with Crippen LogP contribution in [0.5, 0.6) is 0 Å². The lowest BCUT2D eigenvalue weighted by Gasteiger charge is -1.94. The SMILES string of the molecule is C=CC[n+]1csc2ccccc21.F[B-](F)(F)F. The number of nitrogens with zero attached hydrogens (tertiary/aromatic N) is 1. The van der Waals surface area contributed by atoms with Gasteiger partial charge in [-0.25, -0.2) is 0 Å². The van der Waals surface area contributed by atoms with Crippen LogP contribution in [0, 0.1) is 0 Å². The van der Waals surface area contributed by atoms with E-state index in [4.69, 9.17) is 0 Å². The molecule has 0 aliphatic heterocycles. The number of hydrogen-bond donors (Lipinski definition) is 0. The fourth-order valence-electron chi connectivity index (χ4n) is 1.25. The predicted octanol–water partition coefficient (Wildman–Crippen LogP) is 3.67. The third-order valence-corrected chi connectivity index (χ3v) is 2.77. The van der Waals surface area contributed by atoms with Gasteiger partial charge in [0.2, 0.25) is 11.0 Å². The van der Waals surface area contributed by atoms with Gasteiger partial charge >= 0.3 is 7.25 Å². The molecule has 1 nitrogen and oxygen atoms in total. The molecule has 1 aromatic carbocycles. The van der Waals surface area contributed by atoms with Crippen molar-refractivity contribution in [1.82, 2.24) is 0 Å². The van der Waals surface area contributed by atoms with Crippen LogP contribution in [-0.4, -0.2) is 7.25 Å². The standard InChI is InChI=1S/C10H10NS.BF4/c1-2-7-11-8-12-10-6-4-3-5-9(10)11;2-1(3,4)5/h2-6,8H,1,7H2;/q+1;-1. The molecule has 0 amide bonds. The van der Waals surface area contributed by atoms with E-state index in [9.17, 15) is 17.3 Å². The molecule has 0 unspecified atom stereocenters.